The van der Waals surface area contributed by atoms with Crippen molar-refractivity contribution >= 4 is 28.9 Å². The molecule has 8 heteroatoms. The second-order valence-electron chi connectivity index (χ2n) is 3.78. The number of carbonyl (C=O) groups excluding carboxylic acids is 1. The third kappa shape index (κ3) is 2.89. The molecule has 7 nitrogen and oxygen atoms in total. The van der Waals surface area contributed by atoms with Gasteiger partial charge >= 0.3 is 0 Å². The van der Waals surface area contributed by atoms with Gasteiger partial charge in [-0.3, -0.25) is 19.6 Å². The van der Waals surface area contributed by atoms with Gasteiger partial charge in [-0.25, -0.2) is 0 Å². The smallest absolute Gasteiger partial charge is 0.288 e. The van der Waals surface area contributed by atoms with Crippen molar-refractivity contribution in [2.45, 2.75) is 0 Å². The molecule has 19 heavy (non-hydrogen) atoms. The lowest BCUT2D eigenvalue weighted by Crippen LogP contribution is -2.11. The van der Waals surface area contributed by atoms with Gasteiger partial charge in [0.15, 0.2) is 0 Å². The quantitative estimate of drug-likeness (QED) is 0.689. The Morgan fingerprint density at radius 2 is 2.26 bits per heavy atom. The molecule has 0 unspecified atom stereocenters. The van der Waals surface area contributed by atoms with Gasteiger partial charge in [0.25, 0.3) is 11.6 Å². The van der Waals surface area contributed by atoms with E-state index >= 15 is 0 Å². The van der Waals surface area contributed by atoms with Crippen LogP contribution in [0.15, 0.2) is 30.6 Å². The molecule has 0 saturated carbocycles. The highest BCUT2D eigenvalue weighted by molar-refractivity contribution is 6.32. The Bertz CT molecular complexity index is 653. The zero-order chi connectivity index (χ0) is 14.0. The first-order valence-corrected chi connectivity index (χ1v) is 5.59. The monoisotopic (exact) mass is 280 g/mol. The van der Waals surface area contributed by atoms with E-state index in [4.69, 9.17) is 11.6 Å². The highest BCUT2D eigenvalue weighted by Gasteiger charge is 2.16. The van der Waals surface area contributed by atoms with Crippen LogP contribution in [0.1, 0.15) is 10.4 Å². The first kappa shape index (κ1) is 13.0. The van der Waals surface area contributed by atoms with Gasteiger partial charge in [0.05, 0.1) is 16.8 Å². The maximum Gasteiger partial charge on any atom is 0.288 e. The van der Waals surface area contributed by atoms with Crippen LogP contribution in [0, 0.1) is 10.1 Å². The molecule has 0 aliphatic heterocycles. The minimum absolute atomic E-state index is 0.0112. The van der Waals surface area contributed by atoms with Crippen molar-refractivity contribution in [1.82, 2.24) is 9.78 Å². The van der Waals surface area contributed by atoms with Gasteiger partial charge in [-0.15, -0.1) is 0 Å². The summed E-state index contributed by atoms with van der Waals surface area (Å²) in [4.78, 5) is 22.0. The van der Waals surface area contributed by atoms with Crippen LogP contribution in [0.2, 0.25) is 5.02 Å². The van der Waals surface area contributed by atoms with Crippen molar-refractivity contribution in [3.8, 4) is 0 Å². The molecule has 0 radical (unpaired) electrons. The number of rotatable bonds is 3. The zero-order valence-corrected chi connectivity index (χ0v) is 10.6. The van der Waals surface area contributed by atoms with Gasteiger partial charge in [0, 0.05) is 24.9 Å². The fourth-order valence-electron chi connectivity index (χ4n) is 1.48. The van der Waals surface area contributed by atoms with Crippen molar-refractivity contribution in [1.29, 1.82) is 0 Å². The number of nitro groups is 1. The molecule has 2 rings (SSSR count). The maximum absolute atomic E-state index is 11.9. The lowest BCUT2D eigenvalue weighted by Gasteiger charge is -2.03. The van der Waals surface area contributed by atoms with E-state index in [1.54, 1.807) is 13.2 Å². The second kappa shape index (κ2) is 5.07. The van der Waals surface area contributed by atoms with Crippen LogP contribution < -0.4 is 5.32 Å². The molecular weight excluding hydrogens is 272 g/mol. The Morgan fingerprint density at radius 3 is 2.84 bits per heavy atom. The van der Waals surface area contributed by atoms with Gasteiger partial charge in [-0.1, -0.05) is 11.6 Å². The van der Waals surface area contributed by atoms with E-state index in [9.17, 15) is 14.9 Å². The minimum atomic E-state index is -0.636. The minimum Gasteiger partial charge on any atom is -0.319 e. The predicted octanol–water partition coefficient (Wildman–Crippen LogP) is 2.23. The standard InChI is InChI=1S/C11H9ClN4O3/c1-15-6-8(5-13-15)14-11(17)7-2-3-9(12)10(4-7)16(18)19/h2-6H,1H3,(H,14,17). The normalized spacial score (nSPS) is 10.2. The molecule has 0 spiro atoms. The summed E-state index contributed by atoms with van der Waals surface area (Å²) in [5.74, 6) is -0.465. The van der Waals surface area contributed by atoms with E-state index in [0.29, 0.717) is 5.69 Å². The summed E-state index contributed by atoms with van der Waals surface area (Å²) in [6.07, 6.45) is 3.09. The molecule has 1 amide bonds. The number of aromatic nitrogens is 2. The summed E-state index contributed by atoms with van der Waals surface area (Å²) >= 11 is 5.67. The molecule has 1 N–H and O–H groups in total. The number of benzene rings is 1. The Balaban J connectivity index is 2.24. The van der Waals surface area contributed by atoms with Gasteiger partial charge in [-0.2, -0.15) is 5.10 Å². The van der Waals surface area contributed by atoms with Gasteiger partial charge < -0.3 is 5.32 Å². The molecule has 1 aromatic carbocycles. The summed E-state index contributed by atoms with van der Waals surface area (Å²) in [7, 11) is 1.71. The Labute approximate surface area is 112 Å². The number of halogens is 1. The lowest BCUT2D eigenvalue weighted by atomic mass is 10.2. The molecule has 0 fully saturated rings. The number of aryl methyl sites for hydroxylation is 1. The molecule has 1 aromatic heterocycles. The number of hydrogen-bond acceptors (Lipinski definition) is 4. The number of nitro benzene ring substituents is 1. The summed E-state index contributed by atoms with van der Waals surface area (Å²) in [6.45, 7) is 0. The van der Waals surface area contributed by atoms with E-state index < -0.39 is 10.8 Å². The van der Waals surface area contributed by atoms with Crippen LogP contribution in [0.3, 0.4) is 0 Å². The fourth-order valence-corrected chi connectivity index (χ4v) is 1.67. The van der Waals surface area contributed by atoms with E-state index in [-0.39, 0.29) is 16.3 Å². The molecule has 2 aromatic rings. The topological polar surface area (TPSA) is 90.1 Å². The van der Waals surface area contributed by atoms with Crippen molar-refractivity contribution in [3.63, 3.8) is 0 Å². The highest BCUT2D eigenvalue weighted by Crippen LogP contribution is 2.25. The van der Waals surface area contributed by atoms with E-state index in [0.717, 1.165) is 6.07 Å². The number of nitrogens with zero attached hydrogens (tertiary/aromatic N) is 3. The van der Waals surface area contributed by atoms with Crippen LogP contribution in [-0.4, -0.2) is 20.6 Å². The summed E-state index contributed by atoms with van der Waals surface area (Å²) < 4.78 is 1.53. The molecule has 0 atom stereocenters. The molecule has 0 bridgehead atoms. The lowest BCUT2D eigenvalue weighted by molar-refractivity contribution is -0.384. The molecule has 0 aliphatic carbocycles. The first-order valence-electron chi connectivity index (χ1n) is 5.21. The van der Waals surface area contributed by atoms with Crippen molar-refractivity contribution in [2.24, 2.45) is 7.05 Å². The second-order valence-corrected chi connectivity index (χ2v) is 4.19. The summed E-state index contributed by atoms with van der Waals surface area (Å²) in [5.41, 5.74) is 0.352. The van der Waals surface area contributed by atoms with Gasteiger partial charge in [0.1, 0.15) is 5.02 Å². The zero-order valence-electron chi connectivity index (χ0n) is 9.83. The molecule has 0 saturated heterocycles. The van der Waals surface area contributed by atoms with Crippen molar-refractivity contribution in [2.75, 3.05) is 5.32 Å². The third-order valence-corrected chi connectivity index (χ3v) is 2.69. The number of hydrogen-bond donors (Lipinski definition) is 1. The summed E-state index contributed by atoms with van der Waals surface area (Å²) in [5, 5.41) is 17.2. The molecule has 0 aliphatic rings. The fraction of sp³-hybridized carbons (Fsp3) is 0.0909. The first-order chi connectivity index (χ1) is 8.97. The SMILES string of the molecule is Cn1cc(NC(=O)c2ccc(Cl)c([N+](=O)[O-])c2)cn1. The Hall–Kier alpha value is -2.41. The molecule has 1 heterocycles. The van der Waals surface area contributed by atoms with E-state index in [1.165, 1.54) is 23.0 Å². The largest absolute Gasteiger partial charge is 0.319 e. The van der Waals surface area contributed by atoms with Crippen LogP contribution in [0.5, 0.6) is 0 Å². The number of anilines is 1. The average Bonchev–Trinajstić information content (AvgIpc) is 2.74. The Kier molecular flexibility index (Phi) is 3.48. The predicted molar refractivity (Wildman–Crippen MR) is 69.3 cm³/mol. The van der Waals surface area contributed by atoms with E-state index in [2.05, 4.69) is 10.4 Å². The van der Waals surface area contributed by atoms with Crippen LogP contribution in [0.25, 0.3) is 0 Å². The molecule has 98 valence electrons. The maximum atomic E-state index is 11.9. The summed E-state index contributed by atoms with van der Waals surface area (Å²) in [6, 6.07) is 3.87. The van der Waals surface area contributed by atoms with Gasteiger partial charge in [-0.05, 0) is 12.1 Å². The van der Waals surface area contributed by atoms with Crippen LogP contribution >= 0.6 is 11.6 Å². The van der Waals surface area contributed by atoms with Gasteiger partial charge in [0.2, 0.25) is 0 Å². The number of amides is 1. The number of carbonyl (C=O) groups is 1. The Morgan fingerprint density at radius 1 is 1.53 bits per heavy atom. The van der Waals surface area contributed by atoms with Crippen LogP contribution in [-0.2, 0) is 7.05 Å². The average molecular weight is 281 g/mol. The highest BCUT2D eigenvalue weighted by atomic mass is 35.5. The van der Waals surface area contributed by atoms with Crippen molar-refractivity contribution < 1.29 is 9.72 Å². The van der Waals surface area contributed by atoms with Crippen LogP contribution in [0.4, 0.5) is 11.4 Å². The number of nitrogens with one attached hydrogen (secondary N) is 1. The van der Waals surface area contributed by atoms with E-state index in [1.807, 2.05) is 0 Å². The molecular formula is C11H9ClN4O3. The third-order valence-electron chi connectivity index (χ3n) is 2.37. The van der Waals surface area contributed by atoms with Crippen molar-refractivity contribution in [3.05, 3.63) is 51.3 Å².